The van der Waals surface area contributed by atoms with Crippen LogP contribution >= 0.6 is 11.3 Å². The number of imidazole rings is 1. The molecule has 0 spiro atoms. The van der Waals surface area contributed by atoms with Crippen LogP contribution in [-0.2, 0) is 11.3 Å². The van der Waals surface area contributed by atoms with E-state index in [2.05, 4.69) is 59.1 Å². The second kappa shape index (κ2) is 10.4. The number of ether oxygens (including phenoxy) is 2. The Balaban J connectivity index is 1.45. The predicted octanol–water partition coefficient (Wildman–Crippen LogP) is 5.07. The summed E-state index contributed by atoms with van der Waals surface area (Å²) in [5.41, 5.74) is 5.41. The van der Waals surface area contributed by atoms with Crippen molar-refractivity contribution in [2.24, 2.45) is 0 Å². The van der Waals surface area contributed by atoms with Gasteiger partial charge >= 0.3 is 5.97 Å². The number of benzene rings is 2. The lowest BCUT2D eigenvalue weighted by atomic mass is 10.0. The van der Waals surface area contributed by atoms with Crippen molar-refractivity contribution in [3.63, 3.8) is 0 Å². The quantitative estimate of drug-likeness (QED) is 0.328. The van der Waals surface area contributed by atoms with Crippen molar-refractivity contribution in [3.8, 4) is 10.8 Å². The van der Waals surface area contributed by atoms with Crippen molar-refractivity contribution in [3.05, 3.63) is 76.4 Å². The van der Waals surface area contributed by atoms with Crippen molar-refractivity contribution < 1.29 is 14.3 Å². The normalized spacial score (nSPS) is 15.8. The summed E-state index contributed by atoms with van der Waals surface area (Å²) in [5, 5.41) is 0.863. The number of aryl methyl sites for hydroxylation is 1. The van der Waals surface area contributed by atoms with Gasteiger partial charge in [0.1, 0.15) is 23.2 Å². The number of rotatable bonds is 7. The molecule has 1 aliphatic rings. The van der Waals surface area contributed by atoms with Crippen LogP contribution in [0.4, 0.5) is 0 Å². The lowest BCUT2D eigenvalue weighted by Gasteiger charge is -2.32. The van der Waals surface area contributed by atoms with E-state index in [1.54, 1.807) is 0 Å². The summed E-state index contributed by atoms with van der Waals surface area (Å²) in [6, 6.07) is 16.5. The number of fused-ring (bicyclic) bond motifs is 1. The fourth-order valence-corrected chi connectivity index (χ4v) is 5.68. The summed E-state index contributed by atoms with van der Waals surface area (Å²) in [4.78, 5) is 22.5. The molecule has 1 saturated heterocycles. The number of methoxy groups -OCH3 is 1. The molecular weight excluding hydrogens is 472 g/mol. The molecule has 0 bridgehead atoms. The Hall–Kier alpha value is -3.20. The molecule has 0 aliphatic carbocycles. The Bertz CT molecular complexity index is 1370. The monoisotopic (exact) mass is 504 g/mol. The van der Waals surface area contributed by atoms with Crippen LogP contribution in [-0.4, -0.2) is 65.7 Å². The first kappa shape index (κ1) is 24.5. The van der Waals surface area contributed by atoms with Crippen LogP contribution in [0.25, 0.3) is 16.0 Å². The van der Waals surface area contributed by atoms with Gasteiger partial charge in [-0.1, -0.05) is 30.3 Å². The van der Waals surface area contributed by atoms with Gasteiger partial charge in [-0.2, -0.15) is 0 Å². The number of carbonyl (C=O) groups is 1. The molecule has 0 saturated carbocycles. The first-order valence-electron chi connectivity index (χ1n) is 12.2. The Kier molecular flexibility index (Phi) is 7.09. The molecule has 36 heavy (non-hydrogen) atoms. The minimum atomic E-state index is -0.404. The average Bonchev–Trinajstić information content (AvgIpc) is 3.49. The Morgan fingerprint density at radius 1 is 1.11 bits per heavy atom. The van der Waals surface area contributed by atoms with Crippen LogP contribution in [0, 0.1) is 6.92 Å². The van der Waals surface area contributed by atoms with Gasteiger partial charge in [-0.05, 0) is 49.7 Å². The van der Waals surface area contributed by atoms with Gasteiger partial charge in [-0.25, -0.2) is 9.78 Å². The number of likely N-dealkylation sites (N-methyl/N-ethyl adjacent to an activating group) is 1. The molecule has 4 aromatic rings. The number of nitrogens with zero attached hydrogens (tertiary/aromatic N) is 4. The van der Waals surface area contributed by atoms with E-state index in [1.165, 1.54) is 24.0 Å². The number of piperazine rings is 1. The van der Waals surface area contributed by atoms with Gasteiger partial charge in [0.15, 0.2) is 4.88 Å². The minimum absolute atomic E-state index is 0.216. The number of hydrogen-bond acceptors (Lipinski definition) is 7. The molecule has 1 aliphatic heterocycles. The molecule has 2 aromatic heterocycles. The van der Waals surface area contributed by atoms with Crippen molar-refractivity contribution in [2.75, 3.05) is 40.3 Å². The summed E-state index contributed by atoms with van der Waals surface area (Å²) in [5.74, 6) is 0.117. The maximum absolute atomic E-state index is 12.6. The van der Waals surface area contributed by atoms with Gasteiger partial charge in [0.05, 0.1) is 18.1 Å². The lowest BCUT2D eigenvalue weighted by molar-refractivity contribution is 0.0600. The summed E-state index contributed by atoms with van der Waals surface area (Å²) in [7, 11) is 3.57. The SMILES string of the molecule is COC(=O)c1sc(-n2cnc3ccc(CN4CCN(C)CC4)cc32)cc1O[C@H](C)c1ccccc1C. The summed E-state index contributed by atoms with van der Waals surface area (Å²) >= 11 is 1.36. The minimum Gasteiger partial charge on any atom is -0.484 e. The summed E-state index contributed by atoms with van der Waals surface area (Å²) in [6.45, 7) is 9.30. The highest BCUT2D eigenvalue weighted by Crippen LogP contribution is 2.37. The summed E-state index contributed by atoms with van der Waals surface area (Å²) in [6.07, 6.45) is 1.60. The first-order chi connectivity index (χ1) is 17.4. The van der Waals surface area contributed by atoms with Gasteiger partial charge < -0.3 is 14.4 Å². The van der Waals surface area contributed by atoms with E-state index in [0.29, 0.717) is 10.6 Å². The highest BCUT2D eigenvalue weighted by atomic mass is 32.1. The van der Waals surface area contributed by atoms with Crippen molar-refractivity contribution in [1.29, 1.82) is 0 Å². The number of hydrogen-bond donors (Lipinski definition) is 0. The third-order valence-corrected chi connectivity index (χ3v) is 7.93. The van der Waals surface area contributed by atoms with Gasteiger partial charge in [0.2, 0.25) is 0 Å². The predicted molar refractivity (Wildman–Crippen MR) is 143 cm³/mol. The zero-order valence-corrected chi connectivity index (χ0v) is 22.0. The smallest absolute Gasteiger partial charge is 0.351 e. The molecule has 5 rings (SSSR count). The van der Waals surface area contributed by atoms with E-state index in [1.807, 2.05) is 36.0 Å². The van der Waals surface area contributed by atoms with E-state index < -0.39 is 5.97 Å². The van der Waals surface area contributed by atoms with Gasteiger partial charge in [-0.15, -0.1) is 11.3 Å². The molecule has 2 aromatic carbocycles. The maximum atomic E-state index is 12.6. The van der Waals surface area contributed by atoms with Crippen LogP contribution in [0.3, 0.4) is 0 Å². The topological polar surface area (TPSA) is 59.8 Å². The van der Waals surface area contributed by atoms with Gasteiger partial charge in [-0.3, -0.25) is 9.47 Å². The molecule has 8 heteroatoms. The van der Waals surface area contributed by atoms with Gasteiger partial charge in [0.25, 0.3) is 0 Å². The summed E-state index contributed by atoms with van der Waals surface area (Å²) < 4.78 is 13.4. The number of aromatic nitrogens is 2. The average molecular weight is 505 g/mol. The van der Waals surface area contributed by atoms with Crippen LogP contribution in [0.2, 0.25) is 0 Å². The largest absolute Gasteiger partial charge is 0.484 e. The zero-order valence-electron chi connectivity index (χ0n) is 21.2. The first-order valence-corrected chi connectivity index (χ1v) is 13.1. The lowest BCUT2D eigenvalue weighted by Crippen LogP contribution is -2.43. The molecule has 1 atom stereocenters. The molecular formula is C28H32N4O3S. The highest BCUT2D eigenvalue weighted by molar-refractivity contribution is 7.16. The van der Waals surface area contributed by atoms with Crippen LogP contribution in [0.5, 0.6) is 5.75 Å². The van der Waals surface area contributed by atoms with Gasteiger partial charge in [0, 0.05) is 38.8 Å². The molecule has 3 heterocycles. The second-order valence-corrected chi connectivity index (χ2v) is 10.4. The number of esters is 1. The van der Waals surface area contributed by atoms with E-state index >= 15 is 0 Å². The van der Waals surface area contributed by atoms with Crippen LogP contribution < -0.4 is 4.74 Å². The van der Waals surface area contributed by atoms with Crippen molar-refractivity contribution in [2.45, 2.75) is 26.5 Å². The molecule has 0 N–H and O–H groups in total. The standard InChI is InChI=1S/C28H32N4O3S/c1-19-7-5-6-8-22(19)20(2)35-25-16-26(36-27(25)28(33)34-4)32-18-29-23-10-9-21(15-24(23)32)17-31-13-11-30(3)12-14-31/h5-10,15-16,18,20H,11-14,17H2,1-4H3/t20-/m1/s1. The fourth-order valence-electron chi connectivity index (χ4n) is 4.69. The molecule has 0 amide bonds. The second-order valence-electron chi connectivity index (χ2n) is 9.40. The van der Waals surface area contributed by atoms with E-state index in [9.17, 15) is 4.79 Å². The Morgan fingerprint density at radius 3 is 2.64 bits per heavy atom. The Labute approximate surface area is 215 Å². The van der Waals surface area contributed by atoms with Crippen LogP contribution in [0.1, 0.15) is 39.4 Å². The molecule has 1 fully saturated rings. The number of thiophene rings is 1. The molecule has 188 valence electrons. The molecule has 0 unspecified atom stereocenters. The molecule has 0 radical (unpaired) electrons. The third-order valence-electron chi connectivity index (χ3n) is 6.84. The van der Waals surface area contributed by atoms with Crippen molar-refractivity contribution >= 4 is 28.3 Å². The highest BCUT2D eigenvalue weighted by Gasteiger charge is 2.23. The van der Waals surface area contributed by atoms with E-state index in [4.69, 9.17) is 9.47 Å². The molecule has 7 nitrogen and oxygen atoms in total. The zero-order chi connectivity index (χ0) is 25.2. The number of carbonyl (C=O) groups excluding carboxylic acids is 1. The van der Waals surface area contributed by atoms with E-state index in [-0.39, 0.29) is 6.10 Å². The van der Waals surface area contributed by atoms with Crippen LogP contribution in [0.15, 0.2) is 54.9 Å². The maximum Gasteiger partial charge on any atom is 0.351 e. The third kappa shape index (κ3) is 5.02. The Morgan fingerprint density at radius 2 is 1.89 bits per heavy atom. The fraction of sp³-hybridized carbons (Fsp3) is 0.357. The van der Waals surface area contributed by atoms with E-state index in [0.717, 1.165) is 59.9 Å². The van der Waals surface area contributed by atoms with Crippen molar-refractivity contribution in [1.82, 2.24) is 19.4 Å².